The third-order valence-corrected chi connectivity index (χ3v) is 6.93. The van der Waals surface area contributed by atoms with Gasteiger partial charge in [0.2, 0.25) is 0 Å². The maximum absolute atomic E-state index is 13.5. The Morgan fingerprint density at radius 2 is 1.97 bits per heavy atom. The van der Waals surface area contributed by atoms with Gasteiger partial charge >= 0.3 is 5.97 Å². The molecule has 3 N–H and O–H groups in total. The van der Waals surface area contributed by atoms with Gasteiger partial charge in [-0.15, -0.1) is 0 Å². The van der Waals surface area contributed by atoms with Gasteiger partial charge in [0.15, 0.2) is 0 Å². The quantitative estimate of drug-likeness (QED) is 0.251. The van der Waals surface area contributed by atoms with E-state index in [0.717, 1.165) is 42.1 Å². The molecule has 0 aromatic heterocycles. The van der Waals surface area contributed by atoms with Crippen molar-refractivity contribution in [1.29, 1.82) is 0 Å². The van der Waals surface area contributed by atoms with E-state index in [2.05, 4.69) is 40.7 Å². The minimum Gasteiger partial charge on any atom is -0.461 e. The molecule has 1 saturated heterocycles. The number of carbonyl (C=O) groups excluding carboxylic acids is 2. The summed E-state index contributed by atoms with van der Waals surface area (Å²) in [5.74, 6) is 0.0904. The maximum Gasteiger partial charge on any atom is 0.328 e. The molecule has 0 spiro atoms. The van der Waals surface area contributed by atoms with E-state index >= 15 is 0 Å². The highest BCUT2D eigenvalue weighted by Crippen LogP contribution is 2.21. The van der Waals surface area contributed by atoms with Gasteiger partial charge in [-0.2, -0.15) is 24.4 Å². The number of thiol groups is 1. The molecule has 1 amide bonds. The highest BCUT2D eigenvalue weighted by atomic mass is 32.2. The van der Waals surface area contributed by atoms with Crippen molar-refractivity contribution in [3.05, 3.63) is 65.2 Å². The Morgan fingerprint density at radius 1 is 1.20 bits per heavy atom. The first-order valence-corrected chi connectivity index (χ1v) is 14.1. The molecular weight excluding hydrogens is 478 g/mol. The number of benzene rings is 2. The third-order valence-electron chi connectivity index (χ3n) is 5.90. The molecule has 8 heteroatoms. The summed E-state index contributed by atoms with van der Waals surface area (Å²) >= 11 is 6.18. The molecule has 0 unspecified atom stereocenters. The van der Waals surface area contributed by atoms with E-state index in [1.807, 2.05) is 56.5 Å². The Bertz CT molecular complexity index is 971. The highest BCUT2D eigenvalue weighted by Gasteiger charge is 2.25. The largest absolute Gasteiger partial charge is 0.461 e. The van der Waals surface area contributed by atoms with Crippen LogP contribution in [0.2, 0.25) is 0 Å². The average molecular weight is 516 g/mol. The number of thioether (sulfide) groups is 1. The molecule has 0 saturated carbocycles. The first-order valence-electron chi connectivity index (χ1n) is 12.2. The number of esters is 1. The lowest BCUT2D eigenvalue weighted by Gasteiger charge is -2.20. The molecule has 1 aliphatic rings. The zero-order valence-electron chi connectivity index (χ0n) is 20.8. The summed E-state index contributed by atoms with van der Waals surface area (Å²) in [6, 6.07) is 15.6. The number of carbonyl (C=O) groups is 2. The zero-order valence-corrected chi connectivity index (χ0v) is 22.5. The number of hydrogen-bond donors (Lipinski definition) is 4. The number of hydrogen-bond acceptors (Lipinski definition) is 7. The summed E-state index contributed by atoms with van der Waals surface area (Å²) in [5, 5.41) is 10.2. The molecule has 35 heavy (non-hydrogen) atoms. The van der Waals surface area contributed by atoms with Gasteiger partial charge in [-0.3, -0.25) is 4.79 Å². The minimum absolute atomic E-state index is 0.238. The van der Waals surface area contributed by atoms with Crippen molar-refractivity contribution in [2.24, 2.45) is 0 Å². The lowest BCUT2D eigenvalue weighted by Crippen LogP contribution is -2.43. The zero-order chi connectivity index (χ0) is 25.2. The second-order valence-electron chi connectivity index (χ2n) is 9.20. The van der Waals surface area contributed by atoms with Crippen molar-refractivity contribution in [1.82, 2.24) is 10.6 Å². The van der Waals surface area contributed by atoms with E-state index in [0.29, 0.717) is 29.7 Å². The van der Waals surface area contributed by atoms with Crippen molar-refractivity contribution < 1.29 is 14.3 Å². The molecule has 190 valence electrons. The molecule has 3 rings (SSSR count). The van der Waals surface area contributed by atoms with Gasteiger partial charge in [0.25, 0.3) is 5.91 Å². The maximum atomic E-state index is 13.5. The van der Waals surface area contributed by atoms with Crippen molar-refractivity contribution in [2.45, 2.75) is 56.5 Å². The summed E-state index contributed by atoms with van der Waals surface area (Å²) in [4.78, 5) is 26.2. The van der Waals surface area contributed by atoms with Gasteiger partial charge in [-0.1, -0.05) is 36.4 Å². The fourth-order valence-electron chi connectivity index (χ4n) is 4.10. The van der Waals surface area contributed by atoms with Crippen molar-refractivity contribution in [2.75, 3.05) is 30.4 Å². The van der Waals surface area contributed by atoms with Crippen molar-refractivity contribution in [3.8, 4) is 0 Å². The average Bonchev–Trinajstić information content (AvgIpc) is 3.26. The Morgan fingerprint density at radius 3 is 2.63 bits per heavy atom. The number of ether oxygens (including phenoxy) is 1. The lowest BCUT2D eigenvalue weighted by atomic mass is 9.98. The smallest absolute Gasteiger partial charge is 0.328 e. The van der Waals surface area contributed by atoms with Crippen LogP contribution in [0.1, 0.15) is 48.2 Å². The second kappa shape index (κ2) is 13.8. The summed E-state index contributed by atoms with van der Waals surface area (Å²) in [6.45, 7) is 5.29. The van der Waals surface area contributed by atoms with Crippen LogP contribution in [0.25, 0.3) is 0 Å². The summed E-state index contributed by atoms with van der Waals surface area (Å²) in [5.41, 5.74) is 3.48. The fraction of sp³-hybridized carbons (Fsp3) is 0.481. The lowest BCUT2D eigenvalue weighted by molar-refractivity contribution is -0.149. The van der Waals surface area contributed by atoms with Crippen LogP contribution in [-0.4, -0.2) is 60.4 Å². The van der Waals surface area contributed by atoms with Gasteiger partial charge < -0.3 is 20.7 Å². The second-order valence-corrected chi connectivity index (χ2v) is 10.9. The van der Waals surface area contributed by atoms with Gasteiger partial charge in [0.05, 0.1) is 6.10 Å². The monoisotopic (exact) mass is 515 g/mol. The molecule has 1 fully saturated rings. The molecule has 0 bridgehead atoms. The van der Waals surface area contributed by atoms with Crippen LogP contribution in [0.3, 0.4) is 0 Å². The van der Waals surface area contributed by atoms with Crippen LogP contribution in [-0.2, 0) is 16.0 Å². The molecular formula is C27H37N3O3S2. The molecule has 1 aliphatic heterocycles. The van der Waals surface area contributed by atoms with Crippen LogP contribution < -0.4 is 16.0 Å². The van der Waals surface area contributed by atoms with Gasteiger partial charge in [-0.05, 0) is 68.4 Å². The standard InChI is InChI=1S/C27H37N3O3S2/c1-18(2)33-27(32)25(11-12-35-3)30-26(31)24-15-21(28-16-22-14-23(34)17-29-22)10-9-20(24)13-19-7-5-4-6-8-19/h4-10,15,18,22-23,25,28-29,34H,11-14,16-17H2,1-3H3,(H,30,31)/t22-,23-,25-/m0/s1. The normalized spacial score (nSPS) is 18.3. The van der Waals surface area contributed by atoms with Crippen LogP contribution >= 0.6 is 24.4 Å². The fourth-order valence-corrected chi connectivity index (χ4v) is 4.93. The Kier molecular flexibility index (Phi) is 10.8. The Labute approximate surface area is 218 Å². The first kappa shape index (κ1) is 27.4. The van der Waals surface area contributed by atoms with Crippen LogP contribution in [0.15, 0.2) is 48.5 Å². The predicted molar refractivity (Wildman–Crippen MR) is 149 cm³/mol. The van der Waals surface area contributed by atoms with Crippen LogP contribution in [0.4, 0.5) is 5.69 Å². The highest BCUT2D eigenvalue weighted by molar-refractivity contribution is 7.98. The van der Waals surface area contributed by atoms with Crippen molar-refractivity contribution >= 4 is 42.0 Å². The predicted octanol–water partition coefficient (Wildman–Crippen LogP) is 4.15. The van der Waals surface area contributed by atoms with E-state index in [1.165, 1.54) is 0 Å². The Hall–Kier alpha value is -2.16. The Balaban J connectivity index is 1.81. The van der Waals surface area contributed by atoms with E-state index in [4.69, 9.17) is 4.74 Å². The number of rotatable bonds is 12. The third kappa shape index (κ3) is 8.78. The summed E-state index contributed by atoms with van der Waals surface area (Å²) < 4.78 is 5.41. The molecule has 6 nitrogen and oxygen atoms in total. The molecule has 3 atom stereocenters. The van der Waals surface area contributed by atoms with Gasteiger partial charge in [-0.25, -0.2) is 4.79 Å². The molecule has 0 aliphatic carbocycles. The van der Waals surface area contributed by atoms with Crippen LogP contribution in [0.5, 0.6) is 0 Å². The van der Waals surface area contributed by atoms with Crippen LogP contribution in [0, 0.1) is 0 Å². The molecule has 1 heterocycles. The molecule has 2 aromatic rings. The number of anilines is 1. The first-order chi connectivity index (χ1) is 16.9. The van der Waals surface area contributed by atoms with E-state index in [1.54, 1.807) is 11.8 Å². The van der Waals surface area contributed by atoms with Gasteiger partial charge in [0.1, 0.15) is 6.04 Å². The topological polar surface area (TPSA) is 79.5 Å². The van der Waals surface area contributed by atoms with E-state index in [9.17, 15) is 9.59 Å². The molecule has 2 aromatic carbocycles. The van der Waals surface area contributed by atoms with Crippen molar-refractivity contribution in [3.63, 3.8) is 0 Å². The summed E-state index contributed by atoms with van der Waals surface area (Å²) in [6.07, 6.45) is 3.89. The number of nitrogens with one attached hydrogen (secondary N) is 3. The minimum atomic E-state index is -0.687. The SMILES string of the molecule is CSCC[C@H](NC(=O)c1cc(NC[C@@H]2C[C@H](S)CN2)ccc1Cc1ccccc1)C(=O)OC(C)C. The van der Waals surface area contributed by atoms with E-state index in [-0.39, 0.29) is 12.0 Å². The number of amides is 1. The van der Waals surface area contributed by atoms with Gasteiger partial charge in [0, 0.05) is 35.6 Å². The summed E-state index contributed by atoms with van der Waals surface area (Å²) in [7, 11) is 0. The molecule has 0 radical (unpaired) electrons. The van der Waals surface area contributed by atoms with E-state index < -0.39 is 12.0 Å².